The molecule has 0 N–H and O–H groups in total. The van der Waals surface area contributed by atoms with Crippen LogP contribution in [0.1, 0.15) is 5.69 Å². The summed E-state index contributed by atoms with van der Waals surface area (Å²) in [6.45, 7) is 0.200. The molecule has 0 saturated carbocycles. The summed E-state index contributed by atoms with van der Waals surface area (Å²) in [7, 11) is 0. The second-order valence-corrected chi connectivity index (χ2v) is 5.04. The average molecular weight is 310 g/mol. The van der Waals surface area contributed by atoms with Crippen molar-refractivity contribution in [3.05, 3.63) is 76.9 Å². The summed E-state index contributed by atoms with van der Waals surface area (Å²) in [6.07, 6.45) is 3.70. The van der Waals surface area contributed by atoms with Gasteiger partial charge in [0.2, 0.25) is 5.89 Å². The molecule has 0 bridgehead atoms. The van der Waals surface area contributed by atoms with E-state index in [1.54, 1.807) is 0 Å². The zero-order chi connectivity index (χ0) is 15.8. The first kappa shape index (κ1) is 13.4. The molecule has 6 nitrogen and oxygen atoms in total. The summed E-state index contributed by atoms with van der Waals surface area (Å²) in [5, 5.41) is 4.14. The minimum Gasteiger partial charge on any atom is -0.388 e. The molecule has 0 unspecified atom stereocenters. The van der Waals surface area contributed by atoms with E-state index in [4.69, 9.17) is 4.42 Å². The van der Waals surface area contributed by atoms with Gasteiger partial charge >= 0.3 is 5.76 Å². The van der Waals surface area contributed by atoms with Crippen molar-refractivity contribution in [1.29, 1.82) is 0 Å². The Hall–Kier alpha value is -3.22. The number of hydrogen-bond donors (Lipinski definition) is 0. The zero-order valence-electron chi connectivity index (χ0n) is 11.9. The molecule has 3 heterocycles. The van der Waals surface area contributed by atoms with Gasteiger partial charge in [0.05, 0.1) is 12.2 Å². The number of halogens is 1. The van der Waals surface area contributed by atoms with Gasteiger partial charge in [0.1, 0.15) is 11.5 Å². The molecule has 0 radical (unpaired) electrons. The third kappa shape index (κ3) is 2.52. The number of fused-ring (bicyclic) bond motifs is 1. The molecule has 0 spiro atoms. The summed E-state index contributed by atoms with van der Waals surface area (Å²) >= 11 is 0. The summed E-state index contributed by atoms with van der Waals surface area (Å²) in [4.78, 5) is 16.3. The number of pyridine rings is 1. The fourth-order valence-electron chi connectivity index (χ4n) is 2.33. The molecular weight excluding hydrogens is 299 g/mol. The van der Waals surface area contributed by atoms with Crippen molar-refractivity contribution >= 4 is 5.65 Å². The quantitative estimate of drug-likeness (QED) is 0.582. The average Bonchev–Trinajstić information content (AvgIpc) is 3.12. The number of aromatic nitrogens is 4. The Morgan fingerprint density at radius 3 is 2.74 bits per heavy atom. The van der Waals surface area contributed by atoms with Gasteiger partial charge in [-0.2, -0.15) is 4.68 Å². The summed E-state index contributed by atoms with van der Waals surface area (Å²) < 4.78 is 21.1. The van der Waals surface area contributed by atoms with Crippen LogP contribution in [0, 0.1) is 5.82 Å². The fraction of sp³-hybridized carbons (Fsp3) is 0.0625. The van der Waals surface area contributed by atoms with Crippen molar-refractivity contribution in [2.24, 2.45) is 0 Å². The Balaban J connectivity index is 1.67. The highest BCUT2D eigenvalue weighted by molar-refractivity contribution is 5.51. The highest BCUT2D eigenvalue weighted by atomic mass is 19.1. The van der Waals surface area contributed by atoms with Crippen LogP contribution < -0.4 is 5.76 Å². The van der Waals surface area contributed by atoms with Crippen LogP contribution in [0.15, 0.2) is 64.1 Å². The van der Waals surface area contributed by atoms with Crippen LogP contribution in [0.3, 0.4) is 0 Å². The Morgan fingerprint density at radius 1 is 1.13 bits per heavy atom. The molecule has 7 heteroatoms. The molecular formula is C16H11FN4O2. The van der Waals surface area contributed by atoms with Gasteiger partial charge in [0, 0.05) is 18.0 Å². The van der Waals surface area contributed by atoms with Crippen molar-refractivity contribution in [2.75, 3.05) is 0 Å². The third-order valence-corrected chi connectivity index (χ3v) is 3.42. The van der Waals surface area contributed by atoms with Crippen LogP contribution in [-0.2, 0) is 6.54 Å². The fourth-order valence-corrected chi connectivity index (χ4v) is 2.33. The first-order valence-corrected chi connectivity index (χ1v) is 6.95. The van der Waals surface area contributed by atoms with E-state index in [-0.39, 0.29) is 18.3 Å². The second kappa shape index (κ2) is 5.20. The molecule has 0 amide bonds. The maximum atomic E-state index is 12.9. The molecule has 3 aromatic heterocycles. The van der Waals surface area contributed by atoms with Gasteiger partial charge in [-0.15, -0.1) is 5.10 Å². The van der Waals surface area contributed by atoms with Crippen LogP contribution in [0.25, 0.3) is 17.1 Å². The topological polar surface area (TPSA) is 65.3 Å². The van der Waals surface area contributed by atoms with E-state index in [0.29, 0.717) is 11.3 Å². The van der Waals surface area contributed by atoms with Gasteiger partial charge in [0.15, 0.2) is 0 Å². The van der Waals surface area contributed by atoms with Crippen molar-refractivity contribution in [3.8, 4) is 11.5 Å². The minimum absolute atomic E-state index is 0.152. The highest BCUT2D eigenvalue weighted by Gasteiger charge is 2.12. The number of rotatable bonds is 3. The molecule has 4 aromatic rings. The normalized spacial score (nSPS) is 11.2. The lowest BCUT2D eigenvalue weighted by molar-refractivity contribution is 0.493. The molecule has 0 fully saturated rings. The Kier molecular flexibility index (Phi) is 3.04. The Bertz CT molecular complexity index is 997. The van der Waals surface area contributed by atoms with E-state index in [1.165, 1.54) is 28.9 Å². The van der Waals surface area contributed by atoms with E-state index in [0.717, 1.165) is 5.65 Å². The van der Waals surface area contributed by atoms with Crippen molar-refractivity contribution < 1.29 is 8.81 Å². The van der Waals surface area contributed by atoms with E-state index in [9.17, 15) is 9.18 Å². The van der Waals surface area contributed by atoms with Gasteiger partial charge in [-0.3, -0.25) is 0 Å². The number of nitrogens with zero attached hydrogens (tertiary/aromatic N) is 4. The summed E-state index contributed by atoms with van der Waals surface area (Å²) in [5.74, 6) is -0.791. The second-order valence-electron chi connectivity index (χ2n) is 5.04. The monoisotopic (exact) mass is 310 g/mol. The van der Waals surface area contributed by atoms with E-state index >= 15 is 0 Å². The zero-order valence-corrected chi connectivity index (χ0v) is 11.9. The van der Waals surface area contributed by atoms with Crippen LogP contribution in [-0.4, -0.2) is 19.2 Å². The molecule has 23 heavy (non-hydrogen) atoms. The van der Waals surface area contributed by atoms with E-state index < -0.39 is 5.76 Å². The van der Waals surface area contributed by atoms with Gasteiger partial charge in [0.25, 0.3) is 0 Å². The molecule has 1 aromatic carbocycles. The SMILES string of the molecule is O=c1oc(-c2ccc(F)cc2)nn1Cc1cn2ccccc2n1. The molecule has 114 valence electrons. The van der Waals surface area contributed by atoms with Crippen molar-refractivity contribution in [3.63, 3.8) is 0 Å². The minimum atomic E-state index is -0.582. The standard InChI is InChI=1S/C16H11FN4O2/c17-12-6-4-11(5-7-12)15-19-21(16(22)23-15)10-13-9-20-8-2-1-3-14(20)18-13/h1-9H,10H2. The molecule has 0 aliphatic rings. The van der Waals surface area contributed by atoms with Crippen LogP contribution >= 0.6 is 0 Å². The maximum Gasteiger partial charge on any atom is 0.437 e. The molecule has 4 rings (SSSR count). The van der Waals surface area contributed by atoms with Gasteiger partial charge < -0.3 is 8.82 Å². The Labute approximate surface area is 129 Å². The highest BCUT2D eigenvalue weighted by Crippen LogP contribution is 2.16. The Morgan fingerprint density at radius 2 is 1.96 bits per heavy atom. The lowest BCUT2D eigenvalue weighted by Gasteiger charge is -1.94. The largest absolute Gasteiger partial charge is 0.437 e. The molecule has 0 atom stereocenters. The molecule has 0 saturated heterocycles. The first-order chi connectivity index (χ1) is 11.2. The lowest BCUT2D eigenvalue weighted by Crippen LogP contribution is -2.16. The molecule has 0 aliphatic heterocycles. The van der Waals surface area contributed by atoms with Gasteiger partial charge in [-0.1, -0.05) is 6.07 Å². The lowest BCUT2D eigenvalue weighted by atomic mass is 10.2. The van der Waals surface area contributed by atoms with E-state index in [2.05, 4.69) is 10.1 Å². The van der Waals surface area contributed by atoms with Gasteiger partial charge in [-0.25, -0.2) is 14.2 Å². The maximum absolute atomic E-state index is 12.9. The summed E-state index contributed by atoms with van der Waals surface area (Å²) in [6, 6.07) is 11.3. The van der Waals surface area contributed by atoms with Crippen LogP contribution in [0.5, 0.6) is 0 Å². The number of hydrogen-bond acceptors (Lipinski definition) is 4. The summed E-state index contributed by atoms with van der Waals surface area (Å²) in [5.41, 5.74) is 2.02. The van der Waals surface area contributed by atoms with Crippen LogP contribution in [0.2, 0.25) is 0 Å². The first-order valence-electron chi connectivity index (χ1n) is 6.95. The number of benzene rings is 1. The molecule has 0 aliphatic carbocycles. The van der Waals surface area contributed by atoms with Gasteiger partial charge in [-0.05, 0) is 36.4 Å². The van der Waals surface area contributed by atoms with Crippen molar-refractivity contribution in [2.45, 2.75) is 6.54 Å². The number of imidazole rings is 1. The smallest absolute Gasteiger partial charge is 0.388 e. The van der Waals surface area contributed by atoms with E-state index in [1.807, 2.05) is 35.0 Å². The third-order valence-electron chi connectivity index (χ3n) is 3.42. The predicted molar refractivity (Wildman–Crippen MR) is 80.5 cm³/mol. The van der Waals surface area contributed by atoms with Crippen LogP contribution in [0.4, 0.5) is 4.39 Å². The predicted octanol–water partition coefficient (Wildman–Crippen LogP) is 2.34. The van der Waals surface area contributed by atoms with Crippen molar-refractivity contribution in [1.82, 2.24) is 19.2 Å².